The number of benzene rings is 3. The van der Waals surface area contributed by atoms with E-state index >= 15 is 0 Å². The van der Waals surface area contributed by atoms with Crippen molar-refractivity contribution in [1.29, 1.82) is 0 Å². The predicted octanol–water partition coefficient (Wildman–Crippen LogP) is 5.54. The Kier molecular flexibility index (Phi) is 5.34. The van der Waals surface area contributed by atoms with Gasteiger partial charge < -0.3 is 5.32 Å². The summed E-state index contributed by atoms with van der Waals surface area (Å²) in [4.78, 5) is 13.5. The summed E-state index contributed by atoms with van der Waals surface area (Å²) in [6.07, 6.45) is 0. The van der Waals surface area contributed by atoms with Crippen LogP contribution in [0.15, 0.2) is 83.8 Å². The Morgan fingerprint density at radius 1 is 0.917 bits per heavy atom. The van der Waals surface area contributed by atoms with Gasteiger partial charge in [0.15, 0.2) is 0 Å². The molecule has 0 radical (unpaired) electrons. The van der Waals surface area contributed by atoms with Gasteiger partial charge in [-0.3, -0.25) is 4.79 Å². The second-order valence-corrected chi connectivity index (χ2v) is 6.67. The number of thioether (sulfide) groups is 1. The SMILES string of the molecule is Cc1cccc(C(=O)Nc2cccc(SCc3ccccc3)c2)c1. The lowest BCUT2D eigenvalue weighted by atomic mass is 10.1. The zero-order valence-electron chi connectivity index (χ0n) is 13.5. The lowest BCUT2D eigenvalue weighted by molar-refractivity contribution is 0.102. The number of amides is 1. The Morgan fingerprint density at radius 3 is 2.50 bits per heavy atom. The maximum atomic E-state index is 12.3. The number of carbonyl (C=O) groups excluding carboxylic acids is 1. The van der Waals surface area contributed by atoms with Crippen LogP contribution in [-0.4, -0.2) is 5.91 Å². The minimum atomic E-state index is -0.0797. The quantitative estimate of drug-likeness (QED) is 0.621. The molecular formula is C21H19NOS. The fourth-order valence-corrected chi connectivity index (χ4v) is 3.30. The molecule has 1 amide bonds. The van der Waals surface area contributed by atoms with Crippen molar-refractivity contribution in [3.8, 4) is 0 Å². The maximum Gasteiger partial charge on any atom is 0.255 e. The first-order valence-corrected chi connectivity index (χ1v) is 8.84. The van der Waals surface area contributed by atoms with Gasteiger partial charge in [0.2, 0.25) is 0 Å². The number of nitrogens with one attached hydrogen (secondary N) is 1. The van der Waals surface area contributed by atoms with E-state index in [2.05, 4.69) is 23.5 Å². The average Bonchev–Trinajstić information content (AvgIpc) is 2.61. The Hall–Kier alpha value is -2.52. The zero-order chi connectivity index (χ0) is 16.8. The van der Waals surface area contributed by atoms with Crippen LogP contribution >= 0.6 is 11.8 Å². The van der Waals surface area contributed by atoms with Crippen LogP contribution in [0.5, 0.6) is 0 Å². The number of aryl methyl sites for hydroxylation is 1. The zero-order valence-corrected chi connectivity index (χ0v) is 14.3. The van der Waals surface area contributed by atoms with Gasteiger partial charge in [-0.25, -0.2) is 0 Å². The normalized spacial score (nSPS) is 10.4. The van der Waals surface area contributed by atoms with E-state index in [1.807, 2.05) is 67.6 Å². The van der Waals surface area contributed by atoms with Crippen molar-refractivity contribution in [3.63, 3.8) is 0 Å². The van der Waals surface area contributed by atoms with Crippen molar-refractivity contribution < 1.29 is 4.79 Å². The van der Waals surface area contributed by atoms with Gasteiger partial charge in [0.1, 0.15) is 0 Å². The first-order chi connectivity index (χ1) is 11.7. The van der Waals surface area contributed by atoms with Gasteiger partial charge in [-0.2, -0.15) is 0 Å². The van der Waals surface area contributed by atoms with Crippen LogP contribution in [-0.2, 0) is 5.75 Å². The smallest absolute Gasteiger partial charge is 0.255 e. The van der Waals surface area contributed by atoms with E-state index < -0.39 is 0 Å². The van der Waals surface area contributed by atoms with Crippen LogP contribution < -0.4 is 5.32 Å². The molecule has 24 heavy (non-hydrogen) atoms. The van der Waals surface area contributed by atoms with Crippen LogP contribution in [0.4, 0.5) is 5.69 Å². The van der Waals surface area contributed by atoms with E-state index in [-0.39, 0.29) is 5.91 Å². The molecule has 1 N–H and O–H groups in total. The third-order valence-electron chi connectivity index (χ3n) is 3.62. The first-order valence-electron chi connectivity index (χ1n) is 7.85. The largest absolute Gasteiger partial charge is 0.322 e. The summed E-state index contributed by atoms with van der Waals surface area (Å²) in [7, 11) is 0. The van der Waals surface area contributed by atoms with E-state index in [0.717, 1.165) is 21.9 Å². The van der Waals surface area contributed by atoms with E-state index in [1.54, 1.807) is 11.8 Å². The molecule has 0 saturated carbocycles. The van der Waals surface area contributed by atoms with Gasteiger partial charge in [0.05, 0.1) is 0 Å². The van der Waals surface area contributed by atoms with Crippen LogP contribution in [0.2, 0.25) is 0 Å². The molecular weight excluding hydrogens is 314 g/mol. The molecule has 3 aromatic rings. The van der Waals surface area contributed by atoms with Gasteiger partial charge in [-0.1, -0.05) is 54.1 Å². The highest BCUT2D eigenvalue weighted by atomic mass is 32.2. The van der Waals surface area contributed by atoms with E-state index in [0.29, 0.717) is 5.56 Å². The first kappa shape index (κ1) is 16.3. The predicted molar refractivity (Wildman–Crippen MR) is 102 cm³/mol. The number of carbonyl (C=O) groups is 1. The molecule has 0 heterocycles. The molecule has 0 spiro atoms. The van der Waals surface area contributed by atoms with Crippen molar-refractivity contribution in [2.45, 2.75) is 17.6 Å². The topological polar surface area (TPSA) is 29.1 Å². The summed E-state index contributed by atoms with van der Waals surface area (Å²) in [5.74, 6) is 0.833. The minimum Gasteiger partial charge on any atom is -0.322 e. The molecule has 2 nitrogen and oxygen atoms in total. The number of hydrogen-bond donors (Lipinski definition) is 1. The minimum absolute atomic E-state index is 0.0797. The fourth-order valence-electron chi connectivity index (χ4n) is 2.39. The van der Waals surface area contributed by atoms with E-state index in [4.69, 9.17) is 0 Å². The standard InChI is InChI=1S/C21H19NOS/c1-16-7-5-10-18(13-16)21(23)22-19-11-6-12-20(14-19)24-15-17-8-3-2-4-9-17/h2-14H,15H2,1H3,(H,22,23). The molecule has 0 saturated heterocycles. The van der Waals surface area contributed by atoms with Crippen molar-refractivity contribution in [1.82, 2.24) is 0 Å². The molecule has 0 aliphatic heterocycles. The Labute approximate surface area is 146 Å². The van der Waals surface area contributed by atoms with Crippen LogP contribution in [0.3, 0.4) is 0 Å². The molecule has 0 unspecified atom stereocenters. The van der Waals surface area contributed by atoms with Crippen LogP contribution in [0, 0.1) is 6.92 Å². The monoisotopic (exact) mass is 333 g/mol. The molecule has 3 rings (SSSR count). The lowest BCUT2D eigenvalue weighted by Crippen LogP contribution is -2.11. The molecule has 0 bridgehead atoms. The lowest BCUT2D eigenvalue weighted by Gasteiger charge is -2.08. The number of anilines is 1. The number of hydrogen-bond acceptors (Lipinski definition) is 2. The Bertz CT molecular complexity index is 830. The third-order valence-corrected chi connectivity index (χ3v) is 4.69. The summed E-state index contributed by atoms with van der Waals surface area (Å²) < 4.78 is 0. The van der Waals surface area contributed by atoms with Gasteiger partial charge in [0, 0.05) is 21.9 Å². The second kappa shape index (κ2) is 7.84. The second-order valence-electron chi connectivity index (χ2n) is 5.63. The summed E-state index contributed by atoms with van der Waals surface area (Å²) in [6, 6.07) is 25.9. The molecule has 0 fully saturated rings. The van der Waals surface area contributed by atoms with Gasteiger partial charge in [-0.15, -0.1) is 11.8 Å². The van der Waals surface area contributed by atoms with Gasteiger partial charge in [-0.05, 0) is 42.8 Å². The van der Waals surface area contributed by atoms with Crippen LogP contribution in [0.1, 0.15) is 21.5 Å². The van der Waals surface area contributed by atoms with Gasteiger partial charge in [0.25, 0.3) is 5.91 Å². The van der Waals surface area contributed by atoms with Gasteiger partial charge >= 0.3 is 0 Å². The van der Waals surface area contributed by atoms with Crippen molar-refractivity contribution >= 4 is 23.4 Å². The summed E-state index contributed by atoms with van der Waals surface area (Å²) >= 11 is 1.76. The highest BCUT2D eigenvalue weighted by molar-refractivity contribution is 7.98. The highest BCUT2D eigenvalue weighted by Crippen LogP contribution is 2.25. The molecule has 0 aliphatic rings. The summed E-state index contributed by atoms with van der Waals surface area (Å²) in [5.41, 5.74) is 3.86. The molecule has 3 heteroatoms. The summed E-state index contributed by atoms with van der Waals surface area (Å²) in [6.45, 7) is 1.98. The highest BCUT2D eigenvalue weighted by Gasteiger charge is 2.06. The van der Waals surface area contributed by atoms with Crippen molar-refractivity contribution in [3.05, 3.63) is 95.6 Å². The van der Waals surface area contributed by atoms with E-state index in [1.165, 1.54) is 5.56 Å². The third kappa shape index (κ3) is 4.49. The fraction of sp³-hybridized carbons (Fsp3) is 0.0952. The summed E-state index contributed by atoms with van der Waals surface area (Å²) in [5, 5.41) is 2.97. The van der Waals surface area contributed by atoms with Crippen molar-refractivity contribution in [2.75, 3.05) is 5.32 Å². The Balaban J connectivity index is 1.65. The molecule has 0 aliphatic carbocycles. The van der Waals surface area contributed by atoms with Crippen molar-refractivity contribution in [2.24, 2.45) is 0 Å². The average molecular weight is 333 g/mol. The molecule has 0 atom stereocenters. The molecule has 3 aromatic carbocycles. The molecule has 120 valence electrons. The molecule has 0 aromatic heterocycles. The Morgan fingerprint density at radius 2 is 1.71 bits per heavy atom. The number of rotatable bonds is 5. The van der Waals surface area contributed by atoms with Crippen LogP contribution in [0.25, 0.3) is 0 Å². The maximum absolute atomic E-state index is 12.3. The van der Waals surface area contributed by atoms with E-state index in [9.17, 15) is 4.79 Å².